The Morgan fingerprint density at radius 3 is 2.38 bits per heavy atom. The highest BCUT2D eigenvalue weighted by Gasteiger charge is 2.13. The predicted molar refractivity (Wildman–Crippen MR) is 117 cm³/mol. The van der Waals surface area contributed by atoms with E-state index in [4.69, 9.17) is 33.7 Å². The van der Waals surface area contributed by atoms with Gasteiger partial charge in [-0.05, 0) is 43.6 Å². The number of hydrogen-bond donors (Lipinski definition) is 1. The summed E-state index contributed by atoms with van der Waals surface area (Å²) in [7, 11) is 0. The van der Waals surface area contributed by atoms with Crippen molar-refractivity contribution in [3.05, 3.63) is 69.8 Å². The number of hydrogen-bond acceptors (Lipinski definition) is 5. The molecular formula is C22H22Cl2N4O. The third kappa shape index (κ3) is 4.81. The zero-order valence-corrected chi connectivity index (χ0v) is 17.5. The van der Waals surface area contributed by atoms with Gasteiger partial charge in [0, 0.05) is 27.7 Å². The standard InChI is InChI=1S/C22H22Cl2N4O/c23-18-4-3-5-19(24)17(18)14-29-22-21(25)26-12-20(27-22)16-8-6-15(7-9-16)13-28-10-1-2-11-28/h3-9,12H,1-2,10-11,13-14H2,(H2,25,26). The van der Waals surface area contributed by atoms with Gasteiger partial charge in [-0.25, -0.2) is 9.97 Å². The molecule has 0 radical (unpaired) electrons. The highest BCUT2D eigenvalue weighted by Crippen LogP contribution is 2.28. The molecule has 5 nitrogen and oxygen atoms in total. The molecule has 0 aliphatic carbocycles. The van der Waals surface area contributed by atoms with Gasteiger partial charge in [0.25, 0.3) is 5.88 Å². The zero-order valence-electron chi connectivity index (χ0n) is 15.9. The van der Waals surface area contributed by atoms with E-state index in [1.165, 1.54) is 31.5 Å². The van der Waals surface area contributed by atoms with Crippen molar-refractivity contribution in [2.75, 3.05) is 18.8 Å². The lowest BCUT2D eigenvalue weighted by atomic mass is 10.1. The van der Waals surface area contributed by atoms with Crippen molar-refractivity contribution in [1.82, 2.24) is 14.9 Å². The summed E-state index contributed by atoms with van der Waals surface area (Å²) in [5.74, 6) is 0.488. The van der Waals surface area contributed by atoms with Crippen molar-refractivity contribution in [1.29, 1.82) is 0 Å². The first-order chi connectivity index (χ1) is 14.1. The molecule has 0 bridgehead atoms. The lowest BCUT2D eigenvalue weighted by Gasteiger charge is -2.15. The van der Waals surface area contributed by atoms with E-state index in [9.17, 15) is 0 Å². The van der Waals surface area contributed by atoms with Crippen molar-refractivity contribution in [2.24, 2.45) is 0 Å². The maximum absolute atomic E-state index is 6.20. The Hall–Kier alpha value is -2.34. The van der Waals surface area contributed by atoms with Gasteiger partial charge in [-0.3, -0.25) is 4.90 Å². The maximum Gasteiger partial charge on any atom is 0.258 e. The van der Waals surface area contributed by atoms with Crippen LogP contribution in [-0.2, 0) is 13.2 Å². The van der Waals surface area contributed by atoms with Gasteiger partial charge in [0.05, 0.1) is 11.9 Å². The van der Waals surface area contributed by atoms with Crippen LogP contribution >= 0.6 is 23.2 Å². The monoisotopic (exact) mass is 428 g/mol. The van der Waals surface area contributed by atoms with E-state index in [-0.39, 0.29) is 18.3 Å². The molecule has 2 N–H and O–H groups in total. The summed E-state index contributed by atoms with van der Waals surface area (Å²) >= 11 is 12.4. The van der Waals surface area contributed by atoms with Crippen LogP contribution in [0.15, 0.2) is 48.7 Å². The van der Waals surface area contributed by atoms with Gasteiger partial charge in [0.2, 0.25) is 0 Å². The first kappa shape index (κ1) is 20.0. The van der Waals surface area contributed by atoms with Gasteiger partial charge in [0.15, 0.2) is 5.82 Å². The van der Waals surface area contributed by atoms with Gasteiger partial charge >= 0.3 is 0 Å². The first-order valence-corrected chi connectivity index (χ1v) is 10.4. The molecule has 1 saturated heterocycles. The molecule has 0 atom stereocenters. The maximum atomic E-state index is 6.20. The summed E-state index contributed by atoms with van der Waals surface area (Å²) in [5.41, 5.74) is 9.60. The summed E-state index contributed by atoms with van der Waals surface area (Å²) in [6.45, 7) is 3.51. The lowest BCUT2D eigenvalue weighted by molar-refractivity contribution is 0.295. The van der Waals surface area contributed by atoms with Gasteiger partial charge in [-0.1, -0.05) is 53.5 Å². The molecule has 1 aliphatic rings. The molecule has 7 heteroatoms. The summed E-state index contributed by atoms with van der Waals surface area (Å²) in [6, 6.07) is 13.7. The minimum atomic E-state index is 0.162. The number of nitrogen functional groups attached to an aromatic ring is 1. The molecule has 0 unspecified atom stereocenters. The Bertz CT molecular complexity index is 968. The van der Waals surface area contributed by atoms with E-state index in [2.05, 4.69) is 39.1 Å². The highest BCUT2D eigenvalue weighted by atomic mass is 35.5. The lowest BCUT2D eigenvalue weighted by Crippen LogP contribution is -2.18. The number of benzene rings is 2. The van der Waals surface area contributed by atoms with Crippen molar-refractivity contribution in [2.45, 2.75) is 26.0 Å². The van der Waals surface area contributed by atoms with Crippen molar-refractivity contribution >= 4 is 29.0 Å². The van der Waals surface area contributed by atoms with Crippen LogP contribution in [0.3, 0.4) is 0 Å². The summed E-state index contributed by atoms with van der Waals surface area (Å²) in [5, 5.41) is 1.07. The minimum absolute atomic E-state index is 0.162. The topological polar surface area (TPSA) is 64.3 Å². The van der Waals surface area contributed by atoms with Crippen molar-refractivity contribution in [3.63, 3.8) is 0 Å². The number of anilines is 1. The number of rotatable bonds is 6. The number of nitrogens with two attached hydrogens (primary N) is 1. The zero-order chi connectivity index (χ0) is 20.2. The van der Waals surface area contributed by atoms with Crippen LogP contribution in [0.5, 0.6) is 5.88 Å². The summed E-state index contributed by atoms with van der Waals surface area (Å²) < 4.78 is 5.78. The smallest absolute Gasteiger partial charge is 0.258 e. The molecular weight excluding hydrogens is 407 g/mol. The quantitative estimate of drug-likeness (QED) is 0.583. The second-order valence-electron chi connectivity index (χ2n) is 7.11. The van der Waals surface area contributed by atoms with Crippen LogP contribution in [0.4, 0.5) is 5.82 Å². The number of halogens is 2. The molecule has 4 rings (SSSR count). The SMILES string of the molecule is Nc1ncc(-c2ccc(CN3CCCC3)cc2)nc1OCc1c(Cl)cccc1Cl. The first-order valence-electron chi connectivity index (χ1n) is 9.60. The largest absolute Gasteiger partial charge is 0.470 e. The Kier molecular flexibility index (Phi) is 6.19. The van der Waals surface area contributed by atoms with Crippen LogP contribution in [0.1, 0.15) is 24.0 Å². The third-order valence-electron chi connectivity index (χ3n) is 5.04. The summed E-state index contributed by atoms with van der Waals surface area (Å²) in [6.07, 6.45) is 4.24. The van der Waals surface area contributed by atoms with Crippen molar-refractivity contribution in [3.8, 4) is 17.1 Å². The van der Waals surface area contributed by atoms with Crippen LogP contribution in [0, 0.1) is 0 Å². The number of aromatic nitrogens is 2. The van der Waals surface area contributed by atoms with Crippen LogP contribution < -0.4 is 10.5 Å². The number of ether oxygens (including phenoxy) is 1. The average molecular weight is 429 g/mol. The molecule has 2 aromatic carbocycles. The number of likely N-dealkylation sites (tertiary alicyclic amines) is 1. The fourth-order valence-corrected chi connectivity index (χ4v) is 3.92. The van der Waals surface area contributed by atoms with Gasteiger partial charge < -0.3 is 10.5 Å². The van der Waals surface area contributed by atoms with E-state index in [0.717, 1.165) is 12.1 Å². The highest BCUT2D eigenvalue weighted by molar-refractivity contribution is 6.35. The fraction of sp³-hybridized carbons (Fsp3) is 0.273. The van der Waals surface area contributed by atoms with Gasteiger partial charge in [-0.15, -0.1) is 0 Å². The molecule has 0 spiro atoms. The molecule has 3 aromatic rings. The third-order valence-corrected chi connectivity index (χ3v) is 5.74. The van der Waals surface area contributed by atoms with E-state index in [0.29, 0.717) is 21.3 Å². The molecule has 29 heavy (non-hydrogen) atoms. The fourth-order valence-electron chi connectivity index (χ4n) is 3.42. The predicted octanol–water partition coefficient (Wildman–Crippen LogP) is 5.21. The second kappa shape index (κ2) is 8.99. The van der Waals surface area contributed by atoms with Crippen LogP contribution in [0.25, 0.3) is 11.3 Å². The molecule has 0 saturated carbocycles. The minimum Gasteiger partial charge on any atom is -0.470 e. The van der Waals surface area contributed by atoms with Crippen LogP contribution in [0.2, 0.25) is 10.0 Å². The van der Waals surface area contributed by atoms with Crippen LogP contribution in [-0.4, -0.2) is 28.0 Å². The molecule has 2 heterocycles. The Morgan fingerprint density at radius 2 is 1.69 bits per heavy atom. The molecule has 1 aliphatic heterocycles. The molecule has 1 aromatic heterocycles. The molecule has 1 fully saturated rings. The van der Waals surface area contributed by atoms with Gasteiger partial charge in [0.1, 0.15) is 6.61 Å². The average Bonchev–Trinajstić information content (AvgIpc) is 3.22. The van der Waals surface area contributed by atoms with E-state index >= 15 is 0 Å². The molecule has 150 valence electrons. The summed E-state index contributed by atoms with van der Waals surface area (Å²) in [4.78, 5) is 11.3. The molecule has 0 amide bonds. The normalized spacial score (nSPS) is 14.3. The van der Waals surface area contributed by atoms with E-state index in [1.807, 2.05) is 0 Å². The van der Waals surface area contributed by atoms with E-state index in [1.54, 1.807) is 24.4 Å². The van der Waals surface area contributed by atoms with E-state index < -0.39 is 0 Å². The second-order valence-corrected chi connectivity index (χ2v) is 7.93. The Morgan fingerprint density at radius 1 is 1.00 bits per heavy atom. The Labute approximate surface area is 180 Å². The van der Waals surface area contributed by atoms with Crippen molar-refractivity contribution < 1.29 is 4.74 Å². The number of nitrogens with zero attached hydrogens (tertiary/aromatic N) is 3. The van der Waals surface area contributed by atoms with Gasteiger partial charge in [-0.2, -0.15) is 0 Å². The Balaban J connectivity index is 1.49.